The van der Waals surface area contributed by atoms with Crippen LogP contribution in [-0.4, -0.2) is 21.5 Å². The van der Waals surface area contributed by atoms with Crippen molar-refractivity contribution < 1.29 is 9.21 Å². The number of hydrogen-bond donors (Lipinski definition) is 1. The third-order valence-corrected chi connectivity index (χ3v) is 4.74. The highest BCUT2D eigenvalue weighted by Crippen LogP contribution is 2.23. The lowest BCUT2D eigenvalue weighted by molar-refractivity contribution is 0.0997. The van der Waals surface area contributed by atoms with Gasteiger partial charge in [0.15, 0.2) is 11.2 Å². The Balaban J connectivity index is 1.97. The zero-order valence-corrected chi connectivity index (χ0v) is 14.4. The molecule has 1 N–H and O–H groups in total. The molecule has 0 fully saturated rings. The molecule has 0 spiro atoms. The number of carbonyl (C=O) groups excluding carboxylic acids is 1. The number of aromatic nitrogens is 2. The third-order valence-electron chi connectivity index (χ3n) is 3.04. The highest BCUT2D eigenvalue weighted by Gasteiger charge is 2.15. The summed E-state index contributed by atoms with van der Waals surface area (Å²) in [7, 11) is 0. The number of amides is 1. The van der Waals surface area contributed by atoms with Gasteiger partial charge in [-0.15, -0.1) is 0 Å². The molecule has 0 aliphatic rings. The van der Waals surface area contributed by atoms with Crippen molar-refractivity contribution in [2.24, 2.45) is 0 Å². The van der Waals surface area contributed by atoms with E-state index in [1.54, 1.807) is 13.0 Å². The van der Waals surface area contributed by atoms with Gasteiger partial charge in [-0.1, -0.05) is 23.4 Å². The third kappa shape index (κ3) is 3.24. The Morgan fingerprint density at radius 3 is 2.87 bits per heavy atom. The first-order chi connectivity index (χ1) is 11.0. The average Bonchev–Trinajstić information content (AvgIpc) is 2.96. The molecule has 0 saturated carbocycles. The highest BCUT2D eigenvalue weighted by atomic mass is 35.5. The molecule has 0 bridgehead atoms. The Bertz CT molecular complexity index is 968. The molecule has 3 aromatic rings. The van der Waals surface area contributed by atoms with Gasteiger partial charge in [-0.25, -0.2) is 0 Å². The SMILES string of the molecule is CSc1nsc(NC(=O)c2cc(=O)c3cc(Cl)c(C)cc3o2)n1. The van der Waals surface area contributed by atoms with E-state index in [2.05, 4.69) is 14.7 Å². The van der Waals surface area contributed by atoms with Crippen LogP contribution in [0.1, 0.15) is 16.1 Å². The van der Waals surface area contributed by atoms with Crippen LogP contribution in [0.5, 0.6) is 0 Å². The summed E-state index contributed by atoms with van der Waals surface area (Å²) in [4.78, 5) is 28.5. The Morgan fingerprint density at radius 2 is 2.17 bits per heavy atom. The summed E-state index contributed by atoms with van der Waals surface area (Å²) in [5.41, 5.74) is 0.737. The molecule has 6 nitrogen and oxygen atoms in total. The van der Waals surface area contributed by atoms with Crippen LogP contribution in [0.3, 0.4) is 0 Å². The van der Waals surface area contributed by atoms with Crippen molar-refractivity contribution in [1.82, 2.24) is 9.36 Å². The van der Waals surface area contributed by atoms with Gasteiger partial charge in [-0.3, -0.25) is 14.9 Å². The molecule has 0 atom stereocenters. The largest absolute Gasteiger partial charge is 0.451 e. The number of halogens is 1. The van der Waals surface area contributed by atoms with Gasteiger partial charge in [0.05, 0.1) is 5.39 Å². The Labute approximate surface area is 144 Å². The molecular formula is C14H10ClN3O3S2. The number of hydrogen-bond acceptors (Lipinski definition) is 7. The number of fused-ring (bicyclic) bond motifs is 1. The number of anilines is 1. The summed E-state index contributed by atoms with van der Waals surface area (Å²) in [5.74, 6) is -0.648. The van der Waals surface area contributed by atoms with Crippen molar-refractivity contribution in [3.8, 4) is 0 Å². The fourth-order valence-corrected chi connectivity index (χ4v) is 3.18. The van der Waals surface area contributed by atoms with Gasteiger partial charge < -0.3 is 4.42 Å². The lowest BCUT2D eigenvalue weighted by Crippen LogP contribution is -2.15. The molecular weight excluding hydrogens is 358 g/mol. The zero-order valence-electron chi connectivity index (χ0n) is 12.0. The van der Waals surface area contributed by atoms with Gasteiger partial charge in [-0.2, -0.15) is 9.36 Å². The summed E-state index contributed by atoms with van der Waals surface area (Å²) in [6.07, 6.45) is 1.84. The van der Waals surface area contributed by atoms with Crippen LogP contribution in [0.4, 0.5) is 5.13 Å². The summed E-state index contributed by atoms with van der Waals surface area (Å²) >= 11 is 8.44. The second-order valence-electron chi connectivity index (χ2n) is 4.61. The lowest BCUT2D eigenvalue weighted by atomic mass is 10.1. The molecule has 3 rings (SSSR count). The molecule has 23 heavy (non-hydrogen) atoms. The summed E-state index contributed by atoms with van der Waals surface area (Å²) in [6, 6.07) is 4.31. The van der Waals surface area contributed by atoms with Crippen molar-refractivity contribution in [3.63, 3.8) is 0 Å². The first-order valence-electron chi connectivity index (χ1n) is 6.41. The first-order valence-corrected chi connectivity index (χ1v) is 8.78. The topological polar surface area (TPSA) is 85.1 Å². The molecule has 9 heteroatoms. The summed E-state index contributed by atoms with van der Waals surface area (Å²) < 4.78 is 9.57. The van der Waals surface area contributed by atoms with Crippen molar-refractivity contribution in [1.29, 1.82) is 0 Å². The highest BCUT2D eigenvalue weighted by molar-refractivity contribution is 7.98. The van der Waals surface area contributed by atoms with Crippen LogP contribution in [-0.2, 0) is 0 Å². The maximum absolute atomic E-state index is 12.2. The number of aryl methyl sites for hydroxylation is 1. The van der Waals surface area contributed by atoms with E-state index in [0.717, 1.165) is 23.2 Å². The van der Waals surface area contributed by atoms with Gasteiger partial charge in [0.25, 0.3) is 5.91 Å². The molecule has 2 aromatic heterocycles. The smallest absolute Gasteiger partial charge is 0.293 e. The van der Waals surface area contributed by atoms with Crippen molar-refractivity contribution in [3.05, 3.63) is 44.8 Å². The first kappa shape index (κ1) is 16.0. The van der Waals surface area contributed by atoms with Crippen LogP contribution in [0.25, 0.3) is 11.0 Å². The zero-order chi connectivity index (χ0) is 16.6. The van der Waals surface area contributed by atoms with Gasteiger partial charge in [0.2, 0.25) is 10.3 Å². The van der Waals surface area contributed by atoms with Crippen LogP contribution < -0.4 is 10.7 Å². The van der Waals surface area contributed by atoms with Crippen LogP contribution >= 0.6 is 34.9 Å². The summed E-state index contributed by atoms with van der Waals surface area (Å²) in [6.45, 7) is 1.79. The number of benzene rings is 1. The Hall–Kier alpha value is -1.90. The number of thioether (sulfide) groups is 1. The molecule has 1 aromatic carbocycles. The molecule has 1 amide bonds. The minimum absolute atomic E-state index is 0.0925. The lowest BCUT2D eigenvalue weighted by Gasteiger charge is -2.04. The maximum atomic E-state index is 12.2. The predicted molar refractivity (Wildman–Crippen MR) is 91.9 cm³/mol. The quantitative estimate of drug-likeness (QED) is 0.712. The van der Waals surface area contributed by atoms with E-state index in [0.29, 0.717) is 26.3 Å². The van der Waals surface area contributed by atoms with Crippen LogP contribution in [0.15, 0.2) is 32.6 Å². The summed E-state index contributed by atoms with van der Waals surface area (Å²) in [5, 5.41) is 4.28. The number of rotatable bonds is 3. The van der Waals surface area contributed by atoms with Gasteiger partial charge in [0.1, 0.15) is 5.58 Å². The van der Waals surface area contributed by atoms with Crippen molar-refractivity contribution >= 4 is 56.9 Å². The standard InChI is InChI=1S/C14H10ClN3O3S2/c1-6-3-10-7(4-8(6)15)9(19)5-11(21-10)12(20)16-13-17-14(22-2)18-23-13/h3-5H,1-2H3,(H,16,17,18,20). The molecule has 118 valence electrons. The van der Waals surface area contributed by atoms with E-state index >= 15 is 0 Å². The van der Waals surface area contributed by atoms with Crippen molar-refractivity contribution in [2.75, 3.05) is 11.6 Å². The molecule has 0 aliphatic carbocycles. The van der Waals surface area contributed by atoms with Crippen LogP contribution in [0.2, 0.25) is 5.02 Å². The second kappa shape index (κ2) is 6.31. The molecule has 0 unspecified atom stereocenters. The van der Waals surface area contributed by atoms with E-state index < -0.39 is 5.91 Å². The maximum Gasteiger partial charge on any atom is 0.293 e. The number of nitrogens with zero attached hydrogens (tertiary/aromatic N) is 2. The van der Waals surface area contributed by atoms with E-state index in [4.69, 9.17) is 16.0 Å². The van der Waals surface area contributed by atoms with E-state index in [1.807, 2.05) is 6.26 Å². The van der Waals surface area contributed by atoms with E-state index in [1.165, 1.54) is 17.8 Å². The van der Waals surface area contributed by atoms with E-state index in [-0.39, 0.29) is 11.2 Å². The molecule has 2 heterocycles. The van der Waals surface area contributed by atoms with Crippen molar-refractivity contribution in [2.45, 2.75) is 12.1 Å². The monoisotopic (exact) mass is 367 g/mol. The molecule has 0 radical (unpaired) electrons. The average molecular weight is 368 g/mol. The van der Waals surface area contributed by atoms with Gasteiger partial charge >= 0.3 is 0 Å². The van der Waals surface area contributed by atoms with Crippen LogP contribution in [0, 0.1) is 6.92 Å². The fourth-order valence-electron chi connectivity index (χ4n) is 1.89. The Morgan fingerprint density at radius 1 is 1.39 bits per heavy atom. The normalized spacial score (nSPS) is 10.9. The number of nitrogens with one attached hydrogen (secondary N) is 1. The Kier molecular flexibility index (Phi) is 4.38. The van der Waals surface area contributed by atoms with E-state index in [9.17, 15) is 9.59 Å². The number of carbonyl (C=O) groups is 1. The minimum atomic E-state index is -0.555. The molecule has 0 saturated heterocycles. The van der Waals surface area contributed by atoms with Gasteiger partial charge in [0, 0.05) is 22.6 Å². The minimum Gasteiger partial charge on any atom is -0.451 e. The predicted octanol–water partition coefficient (Wildman–Crippen LogP) is 3.58. The fraction of sp³-hybridized carbons (Fsp3) is 0.143. The second-order valence-corrected chi connectivity index (χ2v) is 6.55. The molecule has 0 aliphatic heterocycles. The van der Waals surface area contributed by atoms with Gasteiger partial charge in [-0.05, 0) is 30.9 Å².